The lowest BCUT2D eigenvalue weighted by Gasteiger charge is -2.20. The molecule has 4 nitrogen and oxygen atoms in total. The maximum Gasteiger partial charge on any atom is 0.412 e. The van der Waals surface area contributed by atoms with Crippen LogP contribution in [0.2, 0.25) is 0 Å². The van der Waals surface area contributed by atoms with Crippen molar-refractivity contribution in [3.05, 3.63) is 24.0 Å². The Kier molecular flexibility index (Phi) is 7.33. The summed E-state index contributed by atoms with van der Waals surface area (Å²) in [6, 6.07) is 4.90. The highest BCUT2D eigenvalue weighted by Crippen LogP contribution is 2.22. The first kappa shape index (κ1) is 19.3. The molecule has 0 heterocycles. The van der Waals surface area contributed by atoms with E-state index >= 15 is 0 Å². The third kappa shape index (κ3) is 7.86. The predicted molar refractivity (Wildman–Crippen MR) is 93.5 cm³/mol. The van der Waals surface area contributed by atoms with Gasteiger partial charge < -0.3 is 10.1 Å². The molecule has 0 aliphatic carbocycles. The Balaban J connectivity index is 2.66. The molecule has 130 valence electrons. The number of hydrogen-bond acceptors (Lipinski definition) is 3. The van der Waals surface area contributed by atoms with Crippen LogP contribution in [0.3, 0.4) is 0 Å². The summed E-state index contributed by atoms with van der Waals surface area (Å²) in [4.78, 5) is 11.8. The average molecular weight is 324 g/mol. The minimum absolute atomic E-state index is 0.116. The highest BCUT2D eigenvalue weighted by Gasteiger charge is 2.17. The molecule has 0 radical (unpaired) electrons. The van der Waals surface area contributed by atoms with Gasteiger partial charge in [0.25, 0.3) is 0 Å². The fraction of sp³-hybridized carbons (Fsp3) is 0.611. The van der Waals surface area contributed by atoms with Crippen molar-refractivity contribution in [3.8, 4) is 0 Å². The van der Waals surface area contributed by atoms with Gasteiger partial charge in [-0.15, -0.1) is 0 Å². The number of hydrogen-bond donors (Lipinski definition) is 2. The maximum atomic E-state index is 13.9. The van der Waals surface area contributed by atoms with Crippen LogP contribution in [-0.4, -0.2) is 17.7 Å². The number of carbonyl (C=O) groups is 1. The van der Waals surface area contributed by atoms with Gasteiger partial charge in [0.2, 0.25) is 0 Å². The molecule has 1 atom stereocenters. The second kappa shape index (κ2) is 8.75. The quantitative estimate of drug-likeness (QED) is 0.646. The molecule has 1 rings (SSSR count). The molecule has 0 saturated heterocycles. The van der Waals surface area contributed by atoms with E-state index in [-0.39, 0.29) is 5.69 Å². The Labute approximate surface area is 138 Å². The first-order valence-electron chi connectivity index (χ1n) is 8.27. The lowest BCUT2D eigenvalue weighted by atomic mass is 10.1. The number of rotatable bonds is 7. The molecule has 5 heteroatoms. The first-order valence-corrected chi connectivity index (χ1v) is 8.27. The summed E-state index contributed by atoms with van der Waals surface area (Å²) in [5.41, 5.74) is 0.274. The van der Waals surface area contributed by atoms with Crippen molar-refractivity contribution in [3.63, 3.8) is 0 Å². The number of unbranched alkanes of at least 4 members (excludes halogenated alkanes) is 2. The zero-order valence-corrected chi connectivity index (χ0v) is 14.8. The van der Waals surface area contributed by atoms with Crippen molar-refractivity contribution in [1.29, 1.82) is 0 Å². The molecule has 1 aromatic carbocycles. The van der Waals surface area contributed by atoms with Gasteiger partial charge in [0.05, 0.1) is 5.69 Å². The van der Waals surface area contributed by atoms with Crippen LogP contribution in [0.25, 0.3) is 0 Å². The third-order valence-electron chi connectivity index (χ3n) is 3.26. The van der Waals surface area contributed by atoms with Crippen molar-refractivity contribution in [1.82, 2.24) is 0 Å². The number of carbonyl (C=O) groups excluding carboxylic acids is 1. The second-order valence-electron chi connectivity index (χ2n) is 6.86. The summed E-state index contributed by atoms with van der Waals surface area (Å²) in [5.74, 6) is -0.486. The van der Waals surface area contributed by atoms with E-state index in [0.29, 0.717) is 6.04 Å². The number of anilines is 2. The summed E-state index contributed by atoms with van der Waals surface area (Å²) in [6.07, 6.45) is 3.95. The lowest BCUT2D eigenvalue weighted by Crippen LogP contribution is -2.27. The maximum absolute atomic E-state index is 13.9. The summed E-state index contributed by atoms with van der Waals surface area (Å²) in [5, 5.41) is 5.79. The fourth-order valence-corrected chi connectivity index (χ4v) is 2.18. The van der Waals surface area contributed by atoms with Crippen LogP contribution >= 0.6 is 0 Å². The van der Waals surface area contributed by atoms with Crippen LogP contribution < -0.4 is 10.6 Å². The molecular weight excluding hydrogens is 295 g/mol. The van der Waals surface area contributed by atoms with E-state index in [2.05, 4.69) is 24.5 Å². The van der Waals surface area contributed by atoms with Crippen LogP contribution in [0.15, 0.2) is 18.2 Å². The van der Waals surface area contributed by atoms with Gasteiger partial charge in [-0.1, -0.05) is 26.2 Å². The smallest absolute Gasteiger partial charge is 0.412 e. The van der Waals surface area contributed by atoms with E-state index in [4.69, 9.17) is 4.74 Å². The zero-order valence-electron chi connectivity index (χ0n) is 14.8. The number of benzene rings is 1. The van der Waals surface area contributed by atoms with Gasteiger partial charge in [-0.05, 0) is 52.3 Å². The van der Waals surface area contributed by atoms with E-state index in [0.717, 1.165) is 18.5 Å². The minimum atomic E-state index is -0.662. The highest BCUT2D eigenvalue weighted by atomic mass is 19.1. The van der Waals surface area contributed by atoms with Gasteiger partial charge in [0.1, 0.15) is 11.4 Å². The monoisotopic (exact) mass is 324 g/mol. The van der Waals surface area contributed by atoms with Gasteiger partial charge in [-0.3, -0.25) is 5.32 Å². The van der Waals surface area contributed by atoms with Gasteiger partial charge in [0, 0.05) is 11.7 Å². The standard InChI is InChI=1S/C18H29FN2O2/c1-6-7-8-9-13(2)20-14-10-11-15(19)16(12-14)21-17(22)23-18(3,4)5/h10-13,20H,6-9H2,1-5H3,(H,21,22). The number of ether oxygens (including phenoxy) is 1. The minimum Gasteiger partial charge on any atom is -0.444 e. The molecule has 0 aromatic heterocycles. The van der Waals surface area contributed by atoms with E-state index in [9.17, 15) is 9.18 Å². The predicted octanol–water partition coefficient (Wildman–Crippen LogP) is 5.55. The van der Waals surface area contributed by atoms with Crippen LogP contribution in [0.1, 0.15) is 60.3 Å². The van der Waals surface area contributed by atoms with Crippen LogP contribution in [0, 0.1) is 5.82 Å². The molecule has 0 fully saturated rings. The van der Waals surface area contributed by atoms with Gasteiger partial charge >= 0.3 is 6.09 Å². The normalized spacial score (nSPS) is 12.6. The molecule has 0 aliphatic heterocycles. The Morgan fingerprint density at radius 2 is 2.00 bits per heavy atom. The topological polar surface area (TPSA) is 50.4 Å². The van der Waals surface area contributed by atoms with Gasteiger partial charge in [0.15, 0.2) is 0 Å². The summed E-state index contributed by atoms with van der Waals surface area (Å²) >= 11 is 0. The Bertz CT molecular complexity index is 512. The van der Waals surface area contributed by atoms with Crippen LogP contribution in [-0.2, 0) is 4.74 Å². The molecule has 2 N–H and O–H groups in total. The fourth-order valence-electron chi connectivity index (χ4n) is 2.18. The number of nitrogens with one attached hydrogen (secondary N) is 2. The average Bonchev–Trinajstić information content (AvgIpc) is 2.40. The molecule has 23 heavy (non-hydrogen) atoms. The Morgan fingerprint density at radius 1 is 1.30 bits per heavy atom. The van der Waals surface area contributed by atoms with E-state index < -0.39 is 17.5 Å². The molecular formula is C18H29FN2O2. The summed E-state index contributed by atoms with van der Waals surface area (Å²) < 4.78 is 19.0. The van der Waals surface area contributed by atoms with Crippen molar-refractivity contribution < 1.29 is 13.9 Å². The number of halogens is 1. The Morgan fingerprint density at radius 3 is 2.61 bits per heavy atom. The lowest BCUT2D eigenvalue weighted by molar-refractivity contribution is 0.0635. The van der Waals surface area contributed by atoms with E-state index in [1.807, 2.05) is 0 Å². The summed E-state index contributed by atoms with van der Waals surface area (Å²) in [7, 11) is 0. The van der Waals surface area contributed by atoms with Crippen LogP contribution in [0.5, 0.6) is 0 Å². The molecule has 0 spiro atoms. The highest BCUT2D eigenvalue weighted by molar-refractivity contribution is 5.85. The van der Waals surface area contributed by atoms with Crippen molar-refractivity contribution in [2.24, 2.45) is 0 Å². The molecule has 1 aromatic rings. The van der Waals surface area contributed by atoms with Crippen molar-refractivity contribution in [2.45, 2.75) is 71.9 Å². The molecule has 0 bridgehead atoms. The van der Waals surface area contributed by atoms with Gasteiger partial charge in [-0.25, -0.2) is 9.18 Å². The Hall–Kier alpha value is -1.78. The third-order valence-corrected chi connectivity index (χ3v) is 3.26. The SMILES string of the molecule is CCCCCC(C)Nc1ccc(F)c(NC(=O)OC(C)(C)C)c1. The van der Waals surface area contributed by atoms with Crippen molar-refractivity contribution in [2.75, 3.05) is 10.6 Å². The van der Waals surface area contributed by atoms with Gasteiger partial charge in [-0.2, -0.15) is 0 Å². The summed E-state index contributed by atoms with van der Waals surface area (Å²) in [6.45, 7) is 9.56. The molecule has 0 saturated carbocycles. The number of amides is 1. The second-order valence-corrected chi connectivity index (χ2v) is 6.86. The molecule has 1 amide bonds. The zero-order chi connectivity index (χ0) is 17.5. The largest absolute Gasteiger partial charge is 0.444 e. The first-order chi connectivity index (χ1) is 10.7. The van der Waals surface area contributed by atoms with E-state index in [1.54, 1.807) is 32.9 Å². The molecule has 0 aliphatic rings. The van der Waals surface area contributed by atoms with Crippen LogP contribution in [0.4, 0.5) is 20.6 Å². The van der Waals surface area contributed by atoms with Crippen molar-refractivity contribution >= 4 is 17.5 Å². The molecule has 1 unspecified atom stereocenters. The van der Waals surface area contributed by atoms with E-state index in [1.165, 1.54) is 18.9 Å².